The van der Waals surface area contributed by atoms with E-state index >= 15 is 0 Å². The molecule has 0 aliphatic rings. The van der Waals surface area contributed by atoms with Crippen LogP contribution in [0, 0.1) is 6.07 Å². The number of H-pyrrole nitrogens is 1. The molecule has 1 radical (unpaired) electrons. The number of hydrogen-bond acceptors (Lipinski definition) is 3. The molecule has 0 saturated heterocycles. The second-order valence-corrected chi connectivity index (χ2v) is 3.57. The number of pyridine rings is 2. The Morgan fingerprint density at radius 1 is 1.29 bits per heavy atom. The summed E-state index contributed by atoms with van der Waals surface area (Å²) in [5.74, 6) is 0.636. The van der Waals surface area contributed by atoms with Crippen LogP contribution in [0.25, 0.3) is 22.3 Å². The summed E-state index contributed by atoms with van der Waals surface area (Å²) >= 11 is 0. The fourth-order valence-corrected chi connectivity index (χ4v) is 1.85. The van der Waals surface area contributed by atoms with E-state index in [4.69, 9.17) is 4.74 Å². The lowest BCUT2D eigenvalue weighted by Crippen LogP contribution is -1.90. The molecule has 0 aliphatic heterocycles. The van der Waals surface area contributed by atoms with Crippen LogP contribution in [-0.2, 0) is 0 Å². The van der Waals surface area contributed by atoms with Crippen molar-refractivity contribution in [1.82, 2.24) is 15.0 Å². The molecule has 0 aromatic carbocycles. The molecule has 3 heterocycles. The van der Waals surface area contributed by atoms with Crippen molar-refractivity contribution in [2.24, 2.45) is 0 Å². The molecule has 3 aromatic rings. The molecule has 3 rings (SSSR count). The summed E-state index contributed by atoms with van der Waals surface area (Å²) in [5, 5.41) is 1.03. The van der Waals surface area contributed by atoms with E-state index in [-0.39, 0.29) is 0 Å². The number of fused-ring (bicyclic) bond motifs is 1. The molecule has 0 atom stereocenters. The van der Waals surface area contributed by atoms with Crippen molar-refractivity contribution in [3.05, 3.63) is 42.9 Å². The van der Waals surface area contributed by atoms with Crippen LogP contribution in [-0.4, -0.2) is 22.1 Å². The minimum absolute atomic E-state index is 0.636. The summed E-state index contributed by atoms with van der Waals surface area (Å²) in [6, 6.07) is 8.66. The van der Waals surface area contributed by atoms with Gasteiger partial charge in [0.1, 0.15) is 11.3 Å². The standard InChI is InChI=1S/C13H10N3O/c1-17-11-5-3-6-14-12(11)10-8-16-13-9(10)4-2-7-15-13/h2-4,6-8H,1H3,(H,15,16). The molecule has 0 fully saturated rings. The van der Waals surface area contributed by atoms with E-state index in [1.165, 1.54) is 0 Å². The maximum atomic E-state index is 5.27. The number of nitrogens with zero attached hydrogens (tertiary/aromatic N) is 2. The molecule has 4 nitrogen and oxygen atoms in total. The second kappa shape index (κ2) is 3.90. The Morgan fingerprint density at radius 3 is 3.12 bits per heavy atom. The van der Waals surface area contributed by atoms with Gasteiger partial charge in [0, 0.05) is 35.6 Å². The minimum Gasteiger partial charge on any atom is -0.494 e. The van der Waals surface area contributed by atoms with E-state index in [0.29, 0.717) is 5.75 Å². The highest BCUT2D eigenvalue weighted by atomic mass is 16.5. The van der Waals surface area contributed by atoms with Gasteiger partial charge in [-0.1, -0.05) is 0 Å². The summed E-state index contributed by atoms with van der Waals surface area (Å²) < 4.78 is 5.27. The van der Waals surface area contributed by atoms with Crippen molar-refractivity contribution >= 4 is 11.0 Å². The molecule has 0 amide bonds. The highest BCUT2D eigenvalue weighted by molar-refractivity contribution is 5.93. The van der Waals surface area contributed by atoms with E-state index in [1.807, 2.05) is 18.3 Å². The number of nitrogens with one attached hydrogen (secondary N) is 1. The number of aromatic amines is 1. The van der Waals surface area contributed by atoms with Gasteiger partial charge in [-0.25, -0.2) is 4.98 Å². The third-order valence-electron chi connectivity index (χ3n) is 2.62. The van der Waals surface area contributed by atoms with Crippen molar-refractivity contribution < 1.29 is 4.74 Å². The van der Waals surface area contributed by atoms with Crippen LogP contribution in [0.2, 0.25) is 0 Å². The van der Waals surface area contributed by atoms with Crippen LogP contribution in [0.4, 0.5) is 0 Å². The molecule has 1 N–H and O–H groups in total. The van der Waals surface area contributed by atoms with Gasteiger partial charge < -0.3 is 9.72 Å². The lowest BCUT2D eigenvalue weighted by atomic mass is 10.1. The zero-order valence-corrected chi connectivity index (χ0v) is 9.27. The summed E-state index contributed by atoms with van der Waals surface area (Å²) in [5.41, 5.74) is 2.59. The molecule has 17 heavy (non-hydrogen) atoms. The van der Waals surface area contributed by atoms with Crippen LogP contribution in [0.1, 0.15) is 0 Å². The van der Waals surface area contributed by atoms with Crippen molar-refractivity contribution in [2.45, 2.75) is 0 Å². The normalized spacial score (nSPS) is 10.6. The number of methoxy groups -OCH3 is 1. The molecule has 0 aliphatic carbocycles. The number of aromatic nitrogens is 3. The number of ether oxygens (including phenoxy) is 1. The predicted molar refractivity (Wildman–Crippen MR) is 64.7 cm³/mol. The van der Waals surface area contributed by atoms with Crippen LogP contribution in [0.5, 0.6) is 5.75 Å². The first-order chi connectivity index (χ1) is 8.40. The average Bonchev–Trinajstić information content (AvgIpc) is 2.82. The lowest BCUT2D eigenvalue weighted by Gasteiger charge is -2.04. The van der Waals surface area contributed by atoms with Crippen LogP contribution < -0.4 is 4.74 Å². The summed E-state index contributed by atoms with van der Waals surface area (Å²) in [4.78, 5) is 11.7. The molecular formula is C13H10N3O. The molecular weight excluding hydrogens is 214 g/mol. The first-order valence-electron chi connectivity index (χ1n) is 5.23. The van der Waals surface area contributed by atoms with Crippen molar-refractivity contribution in [1.29, 1.82) is 0 Å². The van der Waals surface area contributed by atoms with E-state index in [1.54, 1.807) is 25.6 Å². The maximum absolute atomic E-state index is 5.27. The monoisotopic (exact) mass is 224 g/mol. The fraction of sp³-hybridized carbons (Fsp3) is 0.0769. The SMILES string of the molecule is COc1[c]ccnc1-c1c[nH]c2ncccc12. The number of hydrogen-bond donors (Lipinski definition) is 1. The Labute approximate surface area is 98.3 Å². The molecule has 83 valence electrons. The van der Waals surface area contributed by atoms with Crippen molar-refractivity contribution in [3.63, 3.8) is 0 Å². The van der Waals surface area contributed by atoms with Crippen molar-refractivity contribution in [3.8, 4) is 17.0 Å². The Morgan fingerprint density at radius 2 is 2.24 bits per heavy atom. The second-order valence-electron chi connectivity index (χ2n) is 3.57. The largest absolute Gasteiger partial charge is 0.494 e. The molecule has 0 spiro atoms. The van der Waals surface area contributed by atoms with Gasteiger partial charge in [-0.2, -0.15) is 0 Å². The fourth-order valence-electron chi connectivity index (χ4n) is 1.85. The third kappa shape index (κ3) is 1.54. The average molecular weight is 224 g/mol. The van der Waals surface area contributed by atoms with Gasteiger partial charge in [0.15, 0.2) is 5.75 Å². The van der Waals surface area contributed by atoms with E-state index in [0.717, 1.165) is 22.3 Å². The van der Waals surface area contributed by atoms with Gasteiger partial charge in [0.2, 0.25) is 0 Å². The topological polar surface area (TPSA) is 50.8 Å². The van der Waals surface area contributed by atoms with Gasteiger partial charge in [-0.3, -0.25) is 4.98 Å². The Bertz CT molecular complexity index is 660. The molecule has 3 aromatic heterocycles. The lowest BCUT2D eigenvalue weighted by molar-refractivity contribution is 0.414. The van der Waals surface area contributed by atoms with E-state index in [2.05, 4.69) is 21.0 Å². The smallest absolute Gasteiger partial charge is 0.153 e. The van der Waals surface area contributed by atoms with Crippen LogP contribution in [0.15, 0.2) is 36.8 Å². The quantitative estimate of drug-likeness (QED) is 0.727. The highest BCUT2D eigenvalue weighted by Crippen LogP contribution is 2.31. The van der Waals surface area contributed by atoms with Crippen LogP contribution in [0.3, 0.4) is 0 Å². The third-order valence-corrected chi connectivity index (χ3v) is 2.62. The van der Waals surface area contributed by atoms with E-state index < -0.39 is 0 Å². The maximum Gasteiger partial charge on any atom is 0.153 e. The zero-order chi connectivity index (χ0) is 11.7. The summed E-state index contributed by atoms with van der Waals surface area (Å²) in [6.07, 6.45) is 5.34. The number of rotatable bonds is 2. The summed E-state index contributed by atoms with van der Waals surface area (Å²) in [7, 11) is 1.62. The van der Waals surface area contributed by atoms with Crippen LogP contribution >= 0.6 is 0 Å². The van der Waals surface area contributed by atoms with Gasteiger partial charge >= 0.3 is 0 Å². The molecule has 0 saturated carbocycles. The molecule has 0 bridgehead atoms. The highest BCUT2D eigenvalue weighted by Gasteiger charge is 2.12. The first kappa shape index (κ1) is 9.84. The first-order valence-corrected chi connectivity index (χ1v) is 5.23. The van der Waals surface area contributed by atoms with Crippen molar-refractivity contribution in [2.75, 3.05) is 7.11 Å². The van der Waals surface area contributed by atoms with Gasteiger partial charge in [-0.15, -0.1) is 0 Å². The minimum atomic E-state index is 0.636. The predicted octanol–water partition coefficient (Wildman–Crippen LogP) is 2.43. The van der Waals surface area contributed by atoms with Gasteiger partial charge in [-0.05, 0) is 18.2 Å². The Balaban J connectivity index is 2.27. The summed E-state index contributed by atoms with van der Waals surface area (Å²) in [6.45, 7) is 0. The molecule has 0 unspecified atom stereocenters. The van der Waals surface area contributed by atoms with Gasteiger partial charge in [0.25, 0.3) is 0 Å². The molecule has 4 heteroatoms. The zero-order valence-electron chi connectivity index (χ0n) is 9.27. The Kier molecular flexibility index (Phi) is 2.26. The van der Waals surface area contributed by atoms with Gasteiger partial charge in [0.05, 0.1) is 7.11 Å². The Hall–Kier alpha value is -2.36. The van der Waals surface area contributed by atoms with E-state index in [9.17, 15) is 0 Å².